The summed E-state index contributed by atoms with van der Waals surface area (Å²) in [5.41, 5.74) is 0.298. The molecule has 1 unspecified atom stereocenters. The standard InChI is InChI=1S/C23H31F2NO5/c1-31-16-17-7-6-8-18(15-17)23(24,25)20(27)12-10-19-11-13-21(28)26(19)14-5-3-2-4-9-22(29)30/h6-8,10,12,15,19-20,27H,2-5,9,11,13-14,16H2,1H3,(H,29,30)/b12-10+/t19-,20?/m0/s1. The normalized spacial score (nSPS) is 18.1. The van der Waals surface area contributed by atoms with E-state index in [9.17, 15) is 23.5 Å². The molecule has 1 fully saturated rings. The van der Waals surface area contributed by atoms with E-state index in [1.54, 1.807) is 11.0 Å². The first-order valence-corrected chi connectivity index (χ1v) is 10.6. The number of aliphatic carboxylic acids is 1. The maximum absolute atomic E-state index is 14.7. The Morgan fingerprint density at radius 3 is 2.77 bits per heavy atom. The van der Waals surface area contributed by atoms with E-state index in [1.165, 1.54) is 31.4 Å². The van der Waals surface area contributed by atoms with Crippen LogP contribution in [0.3, 0.4) is 0 Å². The van der Waals surface area contributed by atoms with Crippen LogP contribution in [0.1, 0.15) is 56.1 Å². The van der Waals surface area contributed by atoms with Gasteiger partial charge in [-0.1, -0.05) is 43.2 Å². The number of carboxylic acids is 1. The van der Waals surface area contributed by atoms with Crippen LogP contribution in [0.5, 0.6) is 0 Å². The van der Waals surface area contributed by atoms with Crippen molar-refractivity contribution in [1.82, 2.24) is 4.90 Å². The lowest BCUT2D eigenvalue weighted by Gasteiger charge is -2.24. The molecule has 172 valence electrons. The molecule has 2 N–H and O–H groups in total. The Bertz CT molecular complexity index is 768. The second-order valence-corrected chi connectivity index (χ2v) is 7.84. The molecule has 8 heteroatoms. The number of halogens is 2. The number of unbranched alkanes of at least 4 members (excludes halogenated alkanes) is 3. The van der Waals surface area contributed by atoms with E-state index in [0.29, 0.717) is 31.4 Å². The molecular formula is C23H31F2NO5. The molecule has 31 heavy (non-hydrogen) atoms. The van der Waals surface area contributed by atoms with Crippen molar-refractivity contribution in [2.45, 2.75) is 69.6 Å². The van der Waals surface area contributed by atoms with Crippen LogP contribution >= 0.6 is 0 Å². The van der Waals surface area contributed by atoms with E-state index in [2.05, 4.69) is 0 Å². The van der Waals surface area contributed by atoms with Gasteiger partial charge in [0.25, 0.3) is 0 Å². The highest BCUT2D eigenvalue weighted by Gasteiger charge is 2.39. The highest BCUT2D eigenvalue weighted by Crippen LogP contribution is 2.33. The van der Waals surface area contributed by atoms with Gasteiger partial charge >= 0.3 is 11.9 Å². The van der Waals surface area contributed by atoms with E-state index in [-0.39, 0.29) is 30.5 Å². The van der Waals surface area contributed by atoms with E-state index < -0.39 is 18.0 Å². The minimum absolute atomic E-state index is 0.0336. The van der Waals surface area contributed by atoms with E-state index in [1.807, 2.05) is 0 Å². The van der Waals surface area contributed by atoms with Crippen LogP contribution in [0, 0.1) is 0 Å². The Morgan fingerprint density at radius 1 is 1.32 bits per heavy atom. The molecule has 2 rings (SSSR count). The molecule has 1 aliphatic heterocycles. The summed E-state index contributed by atoms with van der Waals surface area (Å²) in [6, 6.07) is 5.44. The van der Waals surface area contributed by atoms with Crippen molar-refractivity contribution in [3.05, 3.63) is 47.5 Å². The molecule has 0 aliphatic carbocycles. The Labute approximate surface area is 181 Å². The lowest BCUT2D eigenvalue weighted by atomic mass is 10.00. The van der Waals surface area contributed by atoms with E-state index in [4.69, 9.17) is 9.84 Å². The van der Waals surface area contributed by atoms with Crippen LogP contribution in [0.4, 0.5) is 8.78 Å². The Hall–Kier alpha value is -2.32. The number of carbonyl (C=O) groups excluding carboxylic acids is 1. The number of amides is 1. The minimum Gasteiger partial charge on any atom is -0.481 e. The third-order valence-corrected chi connectivity index (χ3v) is 5.42. The molecule has 0 bridgehead atoms. The van der Waals surface area contributed by atoms with Gasteiger partial charge in [0, 0.05) is 32.1 Å². The third-order valence-electron chi connectivity index (χ3n) is 5.42. The fraction of sp³-hybridized carbons (Fsp3) is 0.565. The zero-order chi connectivity index (χ0) is 22.9. The van der Waals surface area contributed by atoms with E-state index in [0.717, 1.165) is 25.3 Å². The Morgan fingerprint density at radius 2 is 2.06 bits per heavy atom. The summed E-state index contributed by atoms with van der Waals surface area (Å²) >= 11 is 0. The quantitative estimate of drug-likeness (QED) is 0.360. The van der Waals surface area contributed by atoms with Crippen LogP contribution in [0.15, 0.2) is 36.4 Å². The first-order valence-electron chi connectivity index (χ1n) is 10.6. The van der Waals surface area contributed by atoms with Gasteiger partial charge in [0.2, 0.25) is 5.91 Å². The number of hydrogen-bond donors (Lipinski definition) is 2. The van der Waals surface area contributed by atoms with Crippen LogP contribution in [-0.4, -0.2) is 52.8 Å². The van der Waals surface area contributed by atoms with Crippen molar-refractivity contribution in [2.75, 3.05) is 13.7 Å². The van der Waals surface area contributed by atoms with Crippen LogP contribution in [0.25, 0.3) is 0 Å². The summed E-state index contributed by atoms with van der Waals surface area (Å²) < 4.78 is 34.4. The van der Waals surface area contributed by atoms with Gasteiger partial charge in [-0.15, -0.1) is 0 Å². The van der Waals surface area contributed by atoms with Crippen LogP contribution in [-0.2, 0) is 26.9 Å². The summed E-state index contributed by atoms with van der Waals surface area (Å²) in [4.78, 5) is 24.3. The number of aliphatic hydroxyl groups excluding tert-OH is 1. The van der Waals surface area contributed by atoms with Crippen molar-refractivity contribution >= 4 is 11.9 Å². The molecule has 1 aliphatic rings. The zero-order valence-corrected chi connectivity index (χ0v) is 17.8. The van der Waals surface area contributed by atoms with Gasteiger partial charge in [0.1, 0.15) is 6.10 Å². The number of likely N-dealkylation sites (tertiary alicyclic amines) is 1. The predicted octanol–water partition coefficient (Wildman–Crippen LogP) is 3.87. The van der Waals surface area contributed by atoms with Crippen molar-refractivity contribution in [1.29, 1.82) is 0 Å². The number of hydrogen-bond acceptors (Lipinski definition) is 4. The molecule has 1 heterocycles. The molecule has 6 nitrogen and oxygen atoms in total. The van der Waals surface area contributed by atoms with Crippen molar-refractivity contribution in [3.8, 4) is 0 Å². The first-order chi connectivity index (χ1) is 14.8. The largest absolute Gasteiger partial charge is 0.481 e. The van der Waals surface area contributed by atoms with Gasteiger partial charge in [-0.3, -0.25) is 9.59 Å². The van der Waals surface area contributed by atoms with Crippen molar-refractivity contribution in [2.24, 2.45) is 0 Å². The van der Waals surface area contributed by atoms with Crippen LogP contribution in [0.2, 0.25) is 0 Å². The average molecular weight is 439 g/mol. The van der Waals surface area contributed by atoms with Crippen molar-refractivity contribution in [3.63, 3.8) is 0 Å². The van der Waals surface area contributed by atoms with Gasteiger partial charge < -0.3 is 19.8 Å². The molecule has 0 saturated carbocycles. The molecule has 0 radical (unpaired) electrons. The second-order valence-electron chi connectivity index (χ2n) is 7.84. The highest BCUT2D eigenvalue weighted by molar-refractivity contribution is 5.79. The minimum atomic E-state index is -3.47. The van der Waals surface area contributed by atoms with Gasteiger partial charge in [0.05, 0.1) is 12.6 Å². The lowest BCUT2D eigenvalue weighted by Crippen LogP contribution is -2.34. The number of ether oxygens (including phenoxy) is 1. The topological polar surface area (TPSA) is 87.1 Å². The number of carboxylic acid groups (broad SMARTS) is 1. The first kappa shape index (κ1) is 24.9. The fourth-order valence-electron chi connectivity index (χ4n) is 3.72. The Balaban J connectivity index is 1.93. The number of rotatable bonds is 13. The summed E-state index contributed by atoms with van der Waals surface area (Å²) in [5, 5.41) is 18.8. The molecule has 1 amide bonds. The highest BCUT2D eigenvalue weighted by atomic mass is 19.3. The summed E-state index contributed by atoms with van der Waals surface area (Å²) in [5.74, 6) is -4.33. The van der Waals surface area contributed by atoms with Gasteiger partial charge in [-0.2, -0.15) is 8.78 Å². The molecule has 2 atom stereocenters. The Kier molecular flexibility index (Phi) is 9.58. The van der Waals surface area contributed by atoms with Gasteiger partial charge in [-0.25, -0.2) is 0 Å². The predicted molar refractivity (Wildman–Crippen MR) is 112 cm³/mol. The maximum atomic E-state index is 14.7. The summed E-state index contributed by atoms with van der Waals surface area (Å²) in [7, 11) is 1.48. The van der Waals surface area contributed by atoms with Gasteiger partial charge in [0.15, 0.2) is 0 Å². The van der Waals surface area contributed by atoms with Gasteiger partial charge in [-0.05, 0) is 30.9 Å². The molecular weight excluding hydrogens is 408 g/mol. The van der Waals surface area contributed by atoms with Crippen LogP contribution < -0.4 is 0 Å². The monoisotopic (exact) mass is 439 g/mol. The number of benzene rings is 1. The summed E-state index contributed by atoms with van der Waals surface area (Å²) in [6.07, 6.45) is 4.44. The molecule has 0 spiro atoms. The second kappa shape index (κ2) is 11.9. The average Bonchev–Trinajstić information content (AvgIpc) is 3.08. The number of nitrogens with zero attached hydrogens (tertiary/aromatic N) is 1. The third kappa shape index (κ3) is 7.40. The summed E-state index contributed by atoms with van der Waals surface area (Å²) in [6.45, 7) is 0.692. The number of carbonyl (C=O) groups is 2. The molecule has 1 aromatic carbocycles. The zero-order valence-electron chi connectivity index (χ0n) is 17.8. The number of aliphatic hydroxyl groups is 1. The fourth-order valence-corrected chi connectivity index (χ4v) is 3.72. The molecule has 1 aromatic rings. The lowest BCUT2D eigenvalue weighted by molar-refractivity contribution is -0.137. The smallest absolute Gasteiger partial charge is 0.303 e. The molecule has 0 aromatic heterocycles. The van der Waals surface area contributed by atoms with Crippen molar-refractivity contribution < 1.29 is 33.3 Å². The number of methoxy groups -OCH3 is 1. The SMILES string of the molecule is COCc1cccc(C(F)(F)C(O)/C=C/[C@H]2CCC(=O)N2CCCCCCC(=O)O)c1. The van der Waals surface area contributed by atoms with E-state index >= 15 is 0 Å². The molecule has 1 saturated heterocycles. The number of alkyl halides is 2. The maximum Gasteiger partial charge on any atom is 0.303 e.